The topological polar surface area (TPSA) is 99.2 Å². The molecule has 9 heteroatoms. The lowest BCUT2D eigenvalue weighted by molar-refractivity contribution is 0.0597. The molecule has 164 valence electrons. The van der Waals surface area contributed by atoms with E-state index in [1.807, 2.05) is 42.6 Å². The van der Waals surface area contributed by atoms with E-state index >= 15 is 0 Å². The summed E-state index contributed by atoms with van der Waals surface area (Å²) in [4.78, 5) is 29.7. The van der Waals surface area contributed by atoms with Gasteiger partial charge in [-0.2, -0.15) is 9.78 Å². The summed E-state index contributed by atoms with van der Waals surface area (Å²) in [5.41, 5.74) is 2.55. The van der Waals surface area contributed by atoms with Crippen molar-refractivity contribution < 1.29 is 18.7 Å². The minimum Gasteiger partial charge on any atom is -0.465 e. The van der Waals surface area contributed by atoms with E-state index in [0.29, 0.717) is 28.1 Å². The van der Waals surface area contributed by atoms with Gasteiger partial charge in [-0.3, -0.25) is 4.79 Å². The maximum Gasteiger partial charge on any atom is 0.338 e. The average molecular weight is 458 g/mol. The molecule has 3 heterocycles. The Hall–Kier alpha value is -4.24. The van der Waals surface area contributed by atoms with Crippen molar-refractivity contribution in [1.29, 1.82) is 0 Å². The Morgan fingerprint density at radius 2 is 1.82 bits per heavy atom. The summed E-state index contributed by atoms with van der Waals surface area (Å²) in [5, 5.41) is 10.7. The van der Waals surface area contributed by atoms with Crippen LogP contribution in [-0.4, -0.2) is 33.8 Å². The largest absolute Gasteiger partial charge is 0.465 e. The number of para-hydroxylation sites is 1. The number of benzene rings is 2. The summed E-state index contributed by atoms with van der Waals surface area (Å²) in [5.74, 6) is 0.0508. The fourth-order valence-corrected chi connectivity index (χ4v) is 4.25. The molecule has 0 bridgehead atoms. The number of methoxy groups -OCH3 is 1. The van der Waals surface area contributed by atoms with Gasteiger partial charge in [0.1, 0.15) is 17.1 Å². The second-order valence-corrected chi connectivity index (χ2v) is 8.07. The second kappa shape index (κ2) is 8.36. The molecular formula is C24H18N4O4S. The van der Waals surface area contributed by atoms with E-state index in [4.69, 9.17) is 9.15 Å². The van der Waals surface area contributed by atoms with Gasteiger partial charge in [-0.15, -0.1) is 11.3 Å². The van der Waals surface area contributed by atoms with Gasteiger partial charge < -0.3 is 14.5 Å². The Morgan fingerprint density at radius 3 is 2.61 bits per heavy atom. The summed E-state index contributed by atoms with van der Waals surface area (Å²) in [7, 11) is 1.28. The van der Waals surface area contributed by atoms with Crippen molar-refractivity contribution in [2.45, 2.75) is 6.92 Å². The first-order chi connectivity index (χ1) is 16.0. The van der Waals surface area contributed by atoms with Crippen molar-refractivity contribution in [3.63, 3.8) is 0 Å². The van der Waals surface area contributed by atoms with Crippen LogP contribution in [0.3, 0.4) is 0 Å². The van der Waals surface area contributed by atoms with E-state index in [9.17, 15) is 9.59 Å². The highest BCUT2D eigenvalue weighted by atomic mass is 32.1. The molecule has 5 rings (SSSR count). The Bertz CT molecular complexity index is 1460. The van der Waals surface area contributed by atoms with Gasteiger partial charge in [0.05, 0.1) is 23.9 Å². The lowest BCUT2D eigenvalue weighted by atomic mass is 10.1. The van der Waals surface area contributed by atoms with E-state index < -0.39 is 11.9 Å². The van der Waals surface area contributed by atoms with Crippen molar-refractivity contribution in [3.8, 4) is 16.6 Å². The molecule has 0 atom stereocenters. The molecule has 0 unspecified atom stereocenters. The summed E-state index contributed by atoms with van der Waals surface area (Å²) < 4.78 is 12.3. The maximum absolute atomic E-state index is 13.0. The monoisotopic (exact) mass is 458 g/mol. The molecule has 5 aromatic rings. The van der Waals surface area contributed by atoms with Crippen molar-refractivity contribution >= 4 is 40.0 Å². The van der Waals surface area contributed by atoms with Crippen LogP contribution < -0.4 is 5.32 Å². The fourth-order valence-electron chi connectivity index (χ4n) is 3.47. The van der Waals surface area contributed by atoms with Gasteiger partial charge in [-0.05, 0) is 31.2 Å². The number of nitrogens with zero attached hydrogens (tertiary/aromatic N) is 3. The van der Waals surface area contributed by atoms with Crippen molar-refractivity contribution in [3.05, 3.63) is 82.9 Å². The maximum atomic E-state index is 13.0. The quantitative estimate of drug-likeness (QED) is 0.368. The summed E-state index contributed by atoms with van der Waals surface area (Å²) in [6, 6.07) is 17.9. The van der Waals surface area contributed by atoms with Crippen LogP contribution in [0.5, 0.6) is 0 Å². The van der Waals surface area contributed by atoms with Crippen LogP contribution in [0, 0.1) is 6.92 Å². The number of furan rings is 1. The third kappa shape index (κ3) is 3.90. The average Bonchev–Trinajstić information content (AvgIpc) is 3.56. The Labute approximate surface area is 192 Å². The molecule has 0 fully saturated rings. The minimum atomic E-state index is -0.583. The number of aryl methyl sites for hydroxylation is 1. The van der Waals surface area contributed by atoms with Crippen molar-refractivity contribution in [2.24, 2.45) is 0 Å². The zero-order valence-electron chi connectivity index (χ0n) is 17.7. The molecule has 0 aliphatic rings. The number of hydrogen-bond acceptors (Lipinski definition) is 7. The van der Waals surface area contributed by atoms with Gasteiger partial charge in [-0.1, -0.05) is 30.3 Å². The first-order valence-corrected chi connectivity index (χ1v) is 10.9. The number of nitrogens with one attached hydrogen (secondary N) is 1. The number of esters is 1. The Balaban J connectivity index is 1.46. The molecule has 0 aliphatic heterocycles. The highest BCUT2D eigenvalue weighted by Gasteiger charge is 2.20. The first-order valence-electron chi connectivity index (χ1n) is 10.0. The number of thiazole rings is 1. The molecule has 8 nitrogen and oxygen atoms in total. The number of carbonyl (C=O) groups is 2. The standard InChI is InChI=1S/C24H18N4O4S/c1-14-11-21(26-22(29)16-8-4-5-9-17(16)23(30)31-2)28(27-14)24-25-18(13-33-24)20-12-15-7-3-6-10-19(15)32-20/h3-13H,1-2H3,(H,26,29). The molecule has 1 N–H and O–H groups in total. The molecule has 2 aromatic carbocycles. The van der Waals surface area contributed by atoms with Crippen LogP contribution in [0.15, 0.2) is 70.5 Å². The second-order valence-electron chi connectivity index (χ2n) is 7.24. The Kier molecular flexibility index (Phi) is 5.23. The molecule has 1 amide bonds. The lowest BCUT2D eigenvalue weighted by Gasteiger charge is -2.09. The lowest BCUT2D eigenvalue weighted by Crippen LogP contribution is -2.19. The molecule has 0 saturated heterocycles. The normalized spacial score (nSPS) is 11.0. The van der Waals surface area contributed by atoms with E-state index in [0.717, 1.165) is 11.0 Å². The van der Waals surface area contributed by atoms with E-state index in [2.05, 4.69) is 15.4 Å². The summed E-state index contributed by atoms with van der Waals surface area (Å²) >= 11 is 1.37. The molecular weight excluding hydrogens is 440 g/mol. The number of amides is 1. The van der Waals surface area contributed by atoms with E-state index in [1.54, 1.807) is 35.0 Å². The number of aromatic nitrogens is 3. The molecule has 0 saturated carbocycles. The molecule has 0 radical (unpaired) electrons. The summed E-state index contributed by atoms with van der Waals surface area (Å²) in [6.07, 6.45) is 0. The van der Waals surface area contributed by atoms with E-state index in [1.165, 1.54) is 18.4 Å². The third-order valence-corrected chi connectivity index (χ3v) is 5.82. The van der Waals surface area contributed by atoms with Crippen molar-refractivity contribution in [2.75, 3.05) is 12.4 Å². The van der Waals surface area contributed by atoms with Gasteiger partial charge >= 0.3 is 5.97 Å². The van der Waals surface area contributed by atoms with Crippen LogP contribution in [0.4, 0.5) is 5.82 Å². The highest BCUT2D eigenvalue weighted by molar-refractivity contribution is 7.12. The third-order valence-electron chi connectivity index (χ3n) is 5.00. The van der Waals surface area contributed by atoms with Crippen LogP contribution in [0.2, 0.25) is 0 Å². The Morgan fingerprint density at radius 1 is 1.06 bits per heavy atom. The minimum absolute atomic E-state index is 0.182. The molecule has 0 spiro atoms. The van der Waals surface area contributed by atoms with Gasteiger partial charge in [0.2, 0.25) is 5.13 Å². The number of carbonyl (C=O) groups excluding carboxylic acids is 2. The highest BCUT2D eigenvalue weighted by Crippen LogP contribution is 2.30. The smallest absolute Gasteiger partial charge is 0.338 e. The number of anilines is 1. The SMILES string of the molecule is COC(=O)c1ccccc1C(=O)Nc1cc(C)nn1-c1nc(-c2cc3ccccc3o2)cs1. The van der Waals surface area contributed by atoms with Gasteiger partial charge in [0, 0.05) is 16.8 Å². The zero-order chi connectivity index (χ0) is 22.9. The van der Waals surface area contributed by atoms with Gasteiger partial charge in [-0.25, -0.2) is 9.78 Å². The number of hydrogen-bond donors (Lipinski definition) is 1. The first kappa shape index (κ1) is 20.7. The van der Waals surface area contributed by atoms with Crippen LogP contribution in [0.25, 0.3) is 27.6 Å². The van der Waals surface area contributed by atoms with E-state index in [-0.39, 0.29) is 11.1 Å². The van der Waals surface area contributed by atoms with Crippen LogP contribution in [-0.2, 0) is 4.74 Å². The molecule has 33 heavy (non-hydrogen) atoms. The molecule has 3 aromatic heterocycles. The molecule has 0 aliphatic carbocycles. The van der Waals surface area contributed by atoms with Crippen LogP contribution in [0.1, 0.15) is 26.4 Å². The fraction of sp³-hybridized carbons (Fsp3) is 0.0833. The van der Waals surface area contributed by atoms with Crippen molar-refractivity contribution in [1.82, 2.24) is 14.8 Å². The number of ether oxygens (including phenoxy) is 1. The predicted molar refractivity (Wildman–Crippen MR) is 125 cm³/mol. The zero-order valence-corrected chi connectivity index (χ0v) is 18.6. The number of rotatable bonds is 5. The predicted octanol–water partition coefficient (Wildman–Crippen LogP) is 5.09. The van der Waals surface area contributed by atoms with Gasteiger partial charge in [0.25, 0.3) is 5.91 Å². The summed E-state index contributed by atoms with van der Waals surface area (Å²) in [6.45, 7) is 1.82. The van der Waals surface area contributed by atoms with Gasteiger partial charge in [0.15, 0.2) is 5.76 Å². The van der Waals surface area contributed by atoms with Crippen LogP contribution >= 0.6 is 11.3 Å². The number of fused-ring (bicyclic) bond motifs is 1.